The second kappa shape index (κ2) is 10.5. The highest BCUT2D eigenvalue weighted by Gasteiger charge is 2.31. The minimum Gasteiger partial charge on any atom is -0.495 e. The Morgan fingerprint density at radius 2 is 2.09 bits per heavy atom. The number of aryl methyl sites for hydroxylation is 1. The molecule has 2 aliphatic rings. The number of benzene rings is 2. The molecule has 3 heterocycles. The summed E-state index contributed by atoms with van der Waals surface area (Å²) in [4.78, 5) is 12.1. The van der Waals surface area contributed by atoms with E-state index in [1.165, 1.54) is 6.07 Å². The van der Waals surface area contributed by atoms with Crippen LogP contribution in [-0.2, 0) is 4.84 Å². The Bertz CT molecular complexity index is 1270. The molecule has 0 radical (unpaired) electrons. The minimum atomic E-state index is -0.407. The van der Waals surface area contributed by atoms with Gasteiger partial charge in [0.15, 0.2) is 5.84 Å². The Labute approximate surface area is 210 Å². The van der Waals surface area contributed by atoms with E-state index in [4.69, 9.17) is 21.2 Å². The van der Waals surface area contributed by atoms with Crippen LogP contribution < -0.4 is 4.74 Å². The predicted molar refractivity (Wildman–Crippen MR) is 138 cm³/mol. The Morgan fingerprint density at radius 3 is 2.83 bits per heavy atom. The first-order valence-corrected chi connectivity index (χ1v) is 11.7. The monoisotopic (exact) mass is 496 g/mol. The number of fused-ring (bicyclic) bond motifs is 1. The minimum absolute atomic E-state index is 0. The molecule has 0 amide bonds. The topological polar surface area (TPSA) is 51.9 Å². The molecule has 8 heteroatoms. The van der Waals surface area contributed by atoms with Gasteiger partial charge in [-0.1, -0.05) is 36.3 Å². The number of imidazole rings is 1. The fraction of sp³-hybridized carbons (Fsp3) is 0.333. The van der Waals surface area contributed by atoms with Gasteiger partial charge >= 0.3 is 0 Å². The smallest absolute Gasteiger partial charge is 0.171 e. The second-order valence-electron chi connectivity index (χ2n) is 8.55. The van der Waals surface area contributed by atoms with Crippen molar-refractivity contribution in [2.75, 3.05) is 20.3 Å². The molecule has 0 unspecified atom stereocenters. The number of hydrogen-bond acceptors (Lipinski definition) is 5. The van der Waals surface area contributed by atoms with Crippen molar-refractivity contribution >= 4 is 23.5 Å². The average Bonchev–Trinajstić information content (AvgIpc) is 3.15. The van der Waals surface area contributed by atoms with E-state index in [0.717, 1.165) is 59.1 Å². The van der Waals surface area contributed by atoms with Crippen LogP contribution in [-0.4, -0.2) is 40.5 Å². The summed E-state index contributed by atoms with van der Waals surface area (Å²) in [7, 11) is 1.67. The van der Waals surface area contributed by atoms with E-state index in [1.54, 1.807) is 19.5 Å². The number of halogens is 2. The first kappa shape index (κ1) is 24.8. The van der Waals surface area contributed by atoms with Gasteiger partial charge in [0.25, 0.3) is 0 Å². The first-order chi connectivity index (χ1) is 16.5. The number of hydrogen-bond donors (Lipinski definition) is 0. The lowest BCUT2D eigenvalue weighted by molar-refractivity contribution is 0.140. The van der Waals surface area contributed by atoms with Gasteiger partial charge in [0.05, 0.1) is 35.9 Å². The van der Waals surface area contributed by atoms with Crippen molar-refractivity contribution in [3.63, 3.8) is 0 Å². The summed E-state index contributed by atoms with van der Waals surface area (Å²) in [6.45, 7) is 3.25. The van der Waals surface area contributed by atoms with Crippen LogP contribution in [0.3, 0.4) is 0 Å². The van der Waals surface area contributed by atoms with Crippen LogP contribution in [0.1, 0.15) is 49.6 Å². The van der Waals surface area contributed by atoms with Gasteiger partial charge in [0.2, 0.25) is 0 Å². The number of aromatic nitrogens is 2. The van der Waals surface area contributed by atoms with Crippen molar-refractivity contribution in [1.29, 1.82) is 0 Å². The van der Waals surface area contributed by atoms with Gasteiger partial charge in [-0.15, -0.1) is 0 Å². The summed E-state index contributed by atoms with van der Waals surface area (Å²) in [6, 6.07) is 11.1. The molecule has 0 bridgehead atoms. The number of methoxy groups -OCH3 is 1. The van der Waals surface area contributed by atoms with Crippen molar-refractivity contribution in [2.24, 2.45) is 5.16 Å². The number of amidine groups is 1. The molecule has 0 saturated carbocycles. The average molecular weight is 497 g/mol. The SMILES string of the molecule is C.COc1cc(/C=C2\CCCN3C2=NOCC[C@@H]3c2ccc(Cl)c(F)c2)ccc1-n1cnc(C)c1. The van der Waals surface area contributed by atoms with Gasteiger partial charge in [-0.2, -0.15) is 0 Å². The molecular formula is C27H30ClFN4O2. The highest BCUT2D eigenvalue weighted by atomic mass is 35.5. The molecule has 1 fully saturated rings. The van der Waals surface area contributed by atoms with E-state index in [1.807, 2.05) is 35.9 Å². The molecule has 1 aromatic heterocycles. The Balaban J connectivity index is 0.00000289. The molecule has 2 aromatic carbocycles. The van der Waals surface area contributed by atoms with Gasteiger partial charge in [-0.3, -0.25) is 0 Å². The molecule has 184 valence electrons. The molecular weight excluding hydrogens is 467 g/mol. The Morgan fingerprint density at radius 1 is 1.23 bits per heavy atom. The molecule has 0 N–H and O–H groups in total. The summed E-state index contributed by atoms with van der Waals surface area (Å²) in [5.74, 6) is 1.15. The maximum absolute atomic E-state index is 14.2. The fourth-order valence-electron chi connectivity index (χ4n) is 4.64. The van der Waals surface area contributed by atoms with Crippen molar-refractivity contribution in [1.82, 2.24) is 14.5 Å². The quantitative estimate of drug-likeness (QED) is 0.410. The highest BCUT2D eigenvalue weighted by molar-refractivity contribution is 6.30. The van der Waals surface area contributed by atoms with Crippen molar-refractivity contribution in [3.8, 4) is 11.4 Å². The van der Waals surface area contributed by atoms with Crippen LogP contribution in [0.15, 0.2) is 59.7 Å². The molecule has 6 nitrogen and oxygen atoms in total. The van der Waals surface area contributed by atoms with E-state index in [0.29, 0.717) is 13.0 Å². The number of piperidine rings is 1. The van der Waals surface area contributed by atoms with Crippen LogP contribution in [0.4, 0.5) is 4.39 Å². The molecule has 0 spiro atoms. The number of ether oxygens (including phenoxy) is 1. The molecule has 2 aliphatic heterocycles. The van der Waals surface area contributed by atoms with E-state index < -0.39 is 5.82 Å². The second-order valence-corrected chi connectivity index (χ2v) is 8.95. The summed E-state index contributed by atoms with van der Waals surface area (Å²) in [5.41, 5.74) is 4.84. The van der Waals surface area contributed by atoms with Gasteiger partial charge in [-0.25, -0.2) is 9.37 Å². The zero-order chi connectivity index (χ0) is 23.7. The van der Waals surface area contributed by atoms with Gasteiger partial charge in [0.1, 0.15) is 18.2 Å². The van der Waals surface area contributed by atoms with Crippen LogP contribution in [0.2, 0.25) is 5.02 Å². The van der Waals surface area contributed by atoms with E-state index in [9.17, 15) is 4.39 Å². The summed E-state index contributed by atoms with van der Waals surface area (Å²) in [6.07, 6.45) is 8.44. The maximum atomic E-state index is 14.2. The zero-order valence-electron chi connectivity index (χ0n) is 19.2. The lowest BCUT2D eigenvalue weighted by Gasteiger charge is -2.36. The highest BCUT2D eigenvalue weighted by Crippen LogP contribution is 2.35. The lowest BCUT2D eigenvalue weighted by Crippen LogP contribution is -2.39. The van der Waals surface area contributed by atoms with E-state index in [-0.39, 0.29) is 18.5 Å². The standard InChI is InChI=1S/C26H26ClFN4O2.CH4/c1-17-15-31(16-29-17)24-8-5-18(13-25(24)33-2)12-20-4-3-10-32-23(9-11-34-30-26(20)32)19-6-7-21(27)22(28)14-19;/h5-8,12-16,23H,3-4,9-11H2,1-2H3;1H4/b20-12+;/t23-;/m1./s1. The summed E-state index contributed by atoms with van der Waals surface area (Å²) < 4.78 is 21.8. The molecule has 1 saturated heterocycles. The Kier molecular flexibility index (Phi) is 7.45. The first-order valence-electron chi connectivity index (χ1n) is 11.3. The molecule has 35 heavy (non-hydrogen) atoms. The predicted octanol–water partition coefficient (Wildman–Crippen LogP) is 6.57. The third kappa shape index (κ3) is 5.05. The summed E-state index contributed by atoms with van der Waals surface area (Å²) >= 11 is 5.92. The van der Waals surface area contributed by atoms with E-state index in [2.05, 4.69) is 27.2 Å². The number of rotatable bonds is 4. The normalized spacial score (nSPS) is 18.7. The number of oxime groups is 1. The maximum Gasteiger partial charge on any atom is 0.171 e. The molecule has 0 aliphatic carbocycles. The van der Waals surface area contributed by atoms with Crippen molar-refractivity contribution in [3.05, 3.63) is 82.2 Å². The fourth-order valence-corrected chi connectivity index (χ4v) is 4.76. The third-order valence-corrected chi connectivity index (χ3v) is 6.58. The lowest BCUT2D eigenvalue weighted by atomic mass is 9.95. The zero-order valence-corrected chi connectivity index (χ0v) is 19.9. The van der Waals surface area contributed by atoms with Crippen LogP contribution >= 0.6 is 11.6 Å². The van der Waals surface area contributed by atoms with Gasteiger partial charge < -0.3 is 19.0 Å². The molecule has 5 rings (SSSR count). The Hall–Kier alpha value is -3.32. The van der Waals surface area contributed by atoms with Crippen LogP contribution in [0.25, 0.3) is 11.8 Å². The van der Waals surface area contributed by atoms with Gasteiger partial charge in [-0.05, 0) is 66.8 Å². The van der Waals surface area contributed by atoms with Crippen LogP contribution in [0.5, 0.6) is 5.75 Å². The molecule has 1 atom stereocenters. The number of nitrogens with zero attached hydrogens (tertiary/aromatic N) is 4. The summed E-state index contributed by atoms with van der Waals surface area (Å²) in [5, 5.41) is 4.59. The van der Waals surface area contributed by atoms with Crippen molar-refractivity contribution < 1.29 is 14.0 Å². The molecule has 3 aromatic rings. The van der Waals surface area contributed by atoms with Crippen molar-refractivity contribution in [2.45, 2.75) is 39.7 Å². The third-order valence-electron chi connectivity index (χ3n) is 6.28. The largest absolute Gasteiger partial charge is 0.495 e. The van der Waals surface area contributed by atoms with E-state index >= 15 is 0 Å². The van der Waals surface area contributed by atoms with Crippen LogP contribution in [0, 0.1) is 12.7 Å². The van der Waals surface area contributed by atoms with Gasteiger partial charge in [0, 0.05) is 19.2 Å².